The number of nitrogens with zero attached hydrogens (tertiary/aromatic N) is 3. The summed E-state index contributed by atoms with van der Waals surface area (Å²) in [5, 5.41) is 6.62. The van der Waals surface area contributed by atoms with Crippen molar-refractivity contribution < 1.29 is 35.5 Å². The third-order valence-corrected chi connectivity index (χ3v) is 6.71. The van der Waals surface area contributed by atoms with E-state index in [1.165, 1.54) is 25.4 Å². The maximum absolute atomic E-state index is 13.6. The number of hydrogen-bond donors (Lipinski definition) is 1. The number of aromatic nitrogens is 3. The van der Waals surface area contributed by atoms with Crippen LogP contribution in [0.4, 0.5) is 30.7 Å². The third-order valence-electron chi connectivity index (χ3n) is 6.71. The minimum absolute atomic E-state index is 0.0988. The van der Waals surface area contributed by atoms with Gasteiger partial charge in [0, 0.05) is 12.0 Å². The highest BCUT2D eigenvalue weighted by molar-refractivity contribution is 5.35. The van der Waals surface area contributed by atoms with Crippen LogP contribution in [-0.2, 0) is 23.6 Å². The Balaban J connectivity index is 1.63. The lowest BCUT2D eigenvalue weighted by molar-refractivity contribution is -0.143. The first-order valence-electron chi connectivity index (χ1n) is 11.6. The molecule has 0 bridgehead atoms. The van der Waals surface area contributed by atoms with Crippen LogP contribution in [0.2, 0.25) is 0 Å². The Morgan fingerprint density at radius 3 is 2.16 bits per heavy atom. The van der Waals surface area contributed by atoms with Crippen molar-refractivity contribution >= 4 is 0 Å². The molecule has 1 aliphatic rings. The second kappa shape index (κ2) is 10.4. The number of likely N-dealkylation sites (N-methyl/N-ethyl adjacent to an activating group) is 1. The Morgan fingerprint density at radius 1 is 1.00 bits per heavy atom. The van der Waals surface area contributed by atoms with E-state index in [-0.39, 0.29) is 23.6 Å². The quantitative estimate of drug-likeness (QED) is 0.354. The topological polar surface area (TPSA) is 54.0 Å². The smallest absolute Gasteiger partial charge is 0.370 e. The van der Waals surface area contributed by atoms with E-state index in [1.807, 2.05) is 11.9 Å². The molecular formula is C25H25F7N4O. The minimum atomic E-state index is -4.95. The second-order valence-corrected chi connectivity index (χ2v) is 9.23. The highest BCUT2D eigenvalue weighted by atomic mass is 19.4. The van der Waals surface area contributed by atoms with Gasteiger partial charge < -0.3 is 4.74 Å². The van der Waals surface area contributed by atoms with Crippen LogP contribution in [-0.4, -0.2) is 39.3 Å². The standard InChI is InChI=1S/C25H25F7N4O/c1-14(16-9-17(24(27,28)29)11-18(10-16)25(30,31)32)37-21-8-7-20(36(2)12-22-33-13-34-35-22)23(21)15-3-5-19(26)6-4-15/h3-6,9-11,13-14,20-21,23H,7-8,12H2,1-2H3,(H,33,34,35)/t14-,20-,21+,23+/m1/s1. The molecule has 5 nitrogen and oxygen atoms in total. The lowest BCUT2D eigenvalue weighted by Gasteiger charge is -2.33. The molecule has 0 spiro atoms. The van der Waals surface area contributed by atoms with Gasteiger partial charge in [-0.05, 0) is 68.3 Å². The Morgan fingerprint density at radius 2 is 1.62 bits per heavy atom. The van der Waals surface area contributed by atoms with Crippen molar-refractivity contribution in [2.75, 3.05) is 7.05 Å². The Bertz CT molecular complexity index is 1150. The minimum Gasteiger partial charge on any atom is -0.370 e. The van der Waals surface area contributed by atoms with Crippen LogP contribution in [0.25, 0.3) is 0 Å². The third kappa shape index (κ3) is 6.30. The SMILES string of the molecule is C[C@@H](O[C@H]1CC[C@@H](N(C)Cc2ncn[nH]2)[C@@H]1c1ccc(F)cc1)c1cc(C(F)(F)F)cc(C(F)(F)F)c1. The van der Waals surface area contributed by atoms with Crippen LogP contribution in [0.5, 0.6) is 0 Å². The molecular weight excluding hydrogens is 505 g/mol. The predicted molar refractivity (Wildman–Crippen MR) is 120 cm³/mol. The monoisotopic (exact) mass is 530 g/mol. The summed E-state index contributed by atoms with van der Waals surface area (Å²) in [6, 6.07) is 7.22. The van der Waals surface area contributed by atoms with Gasteiger partial charge in [-0.3, -0.25) is 10.00 Å². The Hall–Kier alpha value is -2.99. The molecule has 200 valence electrons. The molecule has 0 saturated heterocycles. The summed E-state index contributed by atoms with van der Waals surface area (Å²) in [5.74, 6) is -0.117. The van der Waals surface area contributed by atoms with E-state index in [2.05, 4.69) is 15.2 Å². The predicted octanol–water partition coefficient (Wildman–Crippen LogP) is 6.51. The van der Waals surface area contributed by atoms with Crippen molar-refractivity contribution in [2.24, 2.45) is 0 Å². The van der Waals surface area contributed by atoms with Gasteiger partial charge in [0.2, 0.25) is 0 Å². The van der Waals surface area contributed by atoms with Gasteiger partial charge in [0.15, 0.2) is 0 Å². The van der Waals surface area contributed by atoms with E-state index >= 15 is 0 Å². The lowest BCUT2D eigenvalue weighted by atomic mass is 9.91. The molecule has 1 fully saturated rings. The summed E-state index contributed by atoms with van der Waals surface area (Å²) in [4.78, 5) is 6.15. The number of nitrogens with one attached hydrogen (secondary N) is 1. The number of ether oxygens (including phenoxy) is 1. The summed E-state index contributed by atoms with van der Waals surface area (Å²) in [5.41, 5.74) is -2.25. The van der Waals surface area contributed by atoms with Crippen molar-refractivity contribution in [1.29, 1.82) is 0 Å². The van der Waals surface area contributed by atoms with Gasteiger partial charge in [0.05, 0.1) is 29.9 Å². The highest BCUT2D eigenvalue weighted by Gasteiger charge is 2.42. The van der Waals surface area contributed by atoms with Crippen molar-refractivity contribution in [2.45, 2.75) is 62.8 Å². The van der Waals surface area contributed by atoms with E-state index < -0.39 is 41.5 Å². The number of hydrogen-bond acceptors (Lipinski definition) is 4. The number of halogens is 7. The summed E-state index contributed by atoms with van der Waals surface area (Å²) in [7, 11) is 1.87. The lowest BCUT2D eigenvalue weighted by Crippen LogP contribution is -2.36. The molecule has 1 aromatic heterocycles. The van der Waals surface area contributed by atoms with Gasteiger partial charge in [-0.15, -0.1) is 0 Å². The molecule has 0 amide bonds. The van der Waals surface area contributed by atoms with E-state index in [1.54, 1.807) is 12.1 Å². The van der Waals surface area contributed by atoms with Crippen LogP contribution < -0.4 is 0 Å². The van der Waals surface area contributed by atoms with Crippen molar-refractivity contribution in [1.82, 2.24) is 20.1 Å². The normalized spacial score (nSPS) is 21.5. The number of rotatable bonds is 7. The van der Waals surface area contributed by atoms with Crippen LogP contribution in [0.1, 0.15) is 59.9 Å². The largest absolute Gasteiger partial charge is 0.416 e. The molecule has 12 heteroatoms. The maximum atomic E-state index is 13.6. The second-order valence-electron chi connectivity index (χ2n) is 9.23. The van der Waals surface area contributed by atoms with E-state index in [4.69, 9.17) is 4.74 Å². The van der Waals surface area contributed by atoms with E-state index in [0.29, 0.717) is 37.3 Å². The average Bonchev–Trinajstić information content (AvgIpc) is 3.48. The van der Waals surface area contributed by atoms with Crippen molar-refractivity contribution in [3.8, 4) is 0 Å². The van der Waals surface area contributed by atoms with Gasteiger partial charge >= 0.3 is 12.4 Å². The molecule has 3 aromatic rings. The zero-order chi connectivity index (χ0) is 27.0. The number of alkyl halides is 6. The summed E-state index contributed by atoms with van der Waals surface area (Å²) < 4.78 is 99.9. The Kier molecular flexibility index (Phi) is 7.61. The molecule has 1 heterocycles. The first-order valence-corrected chi connectivity index (χ1v) is 11.6. The molecule has 0 aliphatic heterocycles. The fraction of sp³-hybridized carbons (Fsp3) is 0.440. The van der Waals surface area contributed by atoms with Crippen LogP contribution >= 0.6 is 0 Å². The fourth-order valence-electron chi connectivity index (χ4n) is 4.93. The first-order chi connectivity index (χ1) is 17.3. The van der Waals surface area contributed by atoms with Crippen LogP contribution in [0, 0.1) is 5.82 Å². The number of benzene rings is 2. The number of H-pyrrole nitrogens is 1. The number of aromatic amines is 1. The molecule has 1 saturated carbocycles. The summed E-state index contributed by atoms with van der Waals surface area (Å²) in [6.07, 6.45) is -8.97. The van der Waals surface area contributed by atoms with Crippen LogP contribution in [0.15, 0.2) is 48.8 Å². The molecule has 2 aromatic carbocycles. The summed E-state index contributed by atoms with van der Waals surface area (Å²) >= 11 is 0. The van der Waals surface area contributed by atoms with E-state index in [0.717, 1.165) is 5.56 Å². The Labute approximate surface area is 208 Å². The molecule has 4 rings (SSSR count). The van der Waals surface area contributed by atoms with Gasteiger partial charge in [0.1, 0.15) is 18.0 Å². The van der Waals surface area contributed by atoms with Crippen molar-refractivity contribution in [3.05, 3.63) is 82.7 Å². The van der Waals surface area contributed by atoms with E-state index in [9.17, 15) is 30.7 Å². The van der Waals surface area contributed by atoms with Crippen molar-refractivity contribution in [3.63, 3.8) is 0 Å². The average molecular weight is 530 g/mol. The van der Waals surface area contributed by atoms with Gasteiger partial charge in [-0.1, -0.05) is 12.1 Å². The highest BCUT2D eigenvalue weighted by Crippen LogP contribution is 2.43. The maximum Gasteiger partial charge on any atom is 0.416 e. The molecule has 0 radical (unpaired) electrons. The zero-order valence-corrected chi connectivity index (χ0v) is 19.9. The van der Waals surface area contributed by atoms with Gasteiger partial charge in [-0.2, -0.15) is 31.4 Å². The summed E-state index contributed by atoms with van der Waals surface area (Å²) in [6.45, 7) is 1.86. The van der Waals surface area contributed by atoms with Gasteiger partial charge in [-0.25, -0.2) is 9.37 Å². The molecule has 4 atom stereocenters. The molecule has 0 unspecified atom stereocenters. The fourth-order valence-corrected chi connectivity index (χ4v) is 4.93. The van der Waals surface area contributed by atoms with Gasteiger partial charge in [0.25, 0.3) is 0 Å². The molecule has 1 N–H and O–H groups in total. The van der Waals surface area contributed by atoms with Crippen LogP contribution in [0.3, 0.4) is 0 Å². The first kappa shape index (κ1) is 27.1. The zero-order valence-electron chi connectivity index (χ0n) is 19.9. The molecule has 37 heavy (non-hydrogen) atoms. The molecule has 1 aliphatic carbocycles.